The minimum atomic E-state index is -4.11. The van der Waals surface area contributed by atoms with Crippen LogP contribution in [0, 0.1) is 5.92 Å². The average Bonchev–Trinajstić information content (AvgIpc) is 3.33. The number of aromatic nitrogens is 1. The molecule has 1 atom stereocenters. The van der Waals surface area contributed by atoms with Gasteiger partial charge in [-0.15, -0.1) is 11.3 Å². The topological polar surface area (TPSA) is 133 Å². The number of rotatable bonds is 7. The molecule has 2 heterocycles. The molecule has 1 aliphatic rings. The van der Waals surface area contributed by atoms with Crippen molar-refractivity contribution in [2.24, 2.45) is 18.0 Å². The number of methoxy groups -OCH3 is 2. The predicted octanol–water partition coefficient (Wildman–Crippen LogP) is 2.70. The Kier molecular flexibility index (Phi) is 7.85. The Morgan fingerprint density at radius 1 is 1.19 bits per heavy atom. The van der Waals surface area contributed by atoms with Gasteiger partial charge in [-0.1, -0.05) is 18.3 Å². The number of fused-ring (bicyclic) bond motifs is 2. The molecule has 13 heteroatoms. The molecule has 37 heavy (non-hydrogen) atoms. The maximum Gasteiger partial charge on any atom is 0.341 e. The molecule has 0 fully saturated rings. The number of thiazole rings is 1. The fourth-order valence-electron chi connectivity index (χ4n) is 4.25. The molecule has 2 aromatic heterocycles. The summed E-state index contributed by atoms with van der Waals surface area (Å²) in [5.74, 6) is -3.02. The molecule has 1 N–H and O–H groups in total. The summed E-state index contributed by atoms with van der Waals surface area (Å²) in [5.41, 5.74) is 1.94. The molecule has 2 amide bonds. The molecule has 0 saturated heterocycles. The van der Waals surface area contributed by atoms with Gasteiger partial charge in [0, 0.05) is 11.9 Å². The summed E-state index contributed by atoms with van der Waals surface area (Å²) in [5, 5.41) is 2.83. The third-order valence-electron chi connectivity index (χ3n) is 6.09. The first kappa shape index (κ1) is 27.0. The summed E-state index contributed by atoms with van der Waals surface area (Å²) < 4.78 is 37.9. The predicted molar refractivity (Wildman–Crippen MR) is 142 cm³/mol. The first-order valence-corrected chi connectivity index (χ1v) is 14.9. The molecule has 0 radical (unpaired) electrons. The molecule has 1 aliphatic carbocycles. The number of aryl methyl sites for hydroxylation is 1. The highest BCUT2D eigenvalue weighted by Gasteiger charge is 2.30. The molecule has 1 unspecified atom stereocenters. The van der Waals surface area contributed by atoms with E-state index < -0.39 is 39.1 Å². The number of thiophene rings is 1. The number of esters is 1. The highest BCUT2D eigenvalue weighted by Crippen LogP contribution is 2.40. The van der Waals surface area contributed by atoms with Gasteiger partial charge in [0.25, 0.3) is 5.91 Å². The van der Waals surface area contributed by atoms with Gasteiger partial charge < -0.3 is 19.4 Å². The minimum Gasteiger partial charge on any atom is -0.497 e. The van der Waals surface area contributed by atoms with Crippen molar-refractivity contribution in [2.75, 3.05) is 31.0 Å². The number of carbonyl (C=O) groups excluding carboxylic acids is 3. The second-order valence-corrected chi connectivity index (χ2v) is 13.1. The summed E-state index contributed by atoms with van der Waals surface area (Å²) in [7, 11) is 0.417. The van der Waals surface area contributed by atoms with Crippen LogP contribution in [0.1, 0.15) is 34.1 Å². The lowest BCUT2D eigenvalue weighted by Gasteiger charge is -2.18. The number of carbonyl (C=O) groups is 3. The Morgan fingerprint density at radius 2 is 1.95 bits per heavy atom. The zero-order chi connectivity index (χ0) is 26.9. The van der Waals surface area contributed by atoms with Crippen molar-refractivity contribution in [3.05, 3.63) is 39.0 Å². The van der Waals surface area contributed by atoms with Gasteiger partial charge in [0.2, 0.25) is 5.91 Å². The zero-order valence-corrected chi connectivity index (χ0v) is 23.3. The van der Waals surface area contributed by atoms with Gasteiger partial charge in [-0.3, -0.25) is 9.59 Å². The number of nitrogens with one attached hydrogen (secondary N) is 1. The Hall–Kier alpha value is -3.03. The van der Waals surface area contributed by atoms with Crippen molar-refractivity contribution in [1.29, 1.82) is 0 Å². The summed E-state index contributed by atoms with van der Waals surface area (Å²) in [6.07, 6.45) is 2.37. The van der Waals surface area contributed by atoms with Crippen LogP contribution >= 0.6 is 22.7 Å². The van der Waals surface area contributed by atoms with Crippen molar-refractivity contribution in [3.63, 3.8) is 0 Å². The van der Waals surface area contributed by atoms with E-state index in [4.69, 9.17) is 9.47 Å². The highest BCUT2D eigenvalue weighted by atomic mass is 32.2. The number of hydrogen-bond acceptors (Lipinski definition) is 9. The van der Waals surface area contributed by atoms with Crippen molar-refractivity contribution < 1.29 is 32.3 Å². The van der Waals surface area contributed by atoms with Gasteiger partial charge >= 0.3 is 5.97 Å². The molecule has 4 rings (SSSR count). The number of nitrogens with zero attached hydrogens (tertiary/aromatic N) is 2. The summed E-state index contributed by atoms with van der Waals surface area (Å²) >= 11 is 2.48. The Balaban J connectivity index is 1.49. The van der Waals surface area contributed by atoms with Crippen LogP contribution in [0.15, 0.2) is 23.2 Å². The van der Waals surface area contributed by atoms with E-state index in [2.05, 4.69) is 17.2 Å². The van der Waals surface area contributed by atoms with Crippen LogP contribution in [0.4, 0.5) is 5.00 Å². The van der Waals surface area contributed by atoms with E-state index in [0.29, 0.717) is 22.9 Å². The summed E-state index contributed by atoms with van der Waals surface area (Å²) in [4.78, 5) is 42.8. The monoisotopic (exact) mass is 565 g/mol. The number of ether oxygens (including phenoxy) is 2. The van der Waals surface area contributed by atoms with E-state index in [1.54, 1.807) is 30.9 Å². The van der Waals surface area contributed by atoms with Crippen LogP contribution in [-0.2, 0) is 44.1 Å². The second-order valence-electron chi connectivity index (χ2n) is 8.91. The largest absolute Gasteiger partial charge is 0.497 e. The molecule has 1 aromatic carbocycles. The van der Waals surface area contributed by atoms with Crippen LogP contribution in [0.25, 0.3) is 10.2 Å². The summed E-state index contributed by atoms with van der Waals surface area (Å²) in [6, 6.07) is 5.40. The van der Waals surface area contributed by atoms with E-state index in [9.17, 15) is 22.8 Å². The Morgan fingerprint density at radius 3 is 2.65 bits per heavy atom. The molecule has 10 nitrogen and oxygen atoms in total. The van der Waals surface area contributed by atoms with Gasteiger partial charge in [0.15, 0.2) is 14.6 Å². The second kappa shape index (κ2) is 10.8. The van der Waals surface area contributed by atoms with Crippen LogP contribution in [0.5, 0.6) is 5.75 Å². The van der Waals surface area contributed by atoms with Gasteiger partial charge in [-0.25, -0.2) is 13.2 Å². The van der Waals surface area contributed by atoms with Gasteiger partial charge in [0.1, 0.15) is 22.3 Å². The highest BCUT2D eigenvalue weighted by molar-refractivity contribution is 7.92. The van der Waals surface area contributed by atoms with Gasteiger partial charge in [-0.05, 0) is 48.9 Å². The molecule has 3 aromatic rings. The minimum absolute atomic E-state index is 0.273. The lowest BCUT2D eigenvalue weighted by Crippen LogP contribution is -2.28. The Bertz CT molecular complexity index is 1560. The third-order valence-corrected chi connectivity index (χ3v) is 9.74. The number of sulfone groups is 1. The average molecular weight is 566 g/mol. The zero-order valence-electron chi connectivity index (χ0n) is 20.8. The number of benzene rings is 1. The Labute approximate surface area is 221 Å². The van der Waals surface area contributed by atoms with Crippen LogP contribution in [0.3, 0.4) is 0 Å². The van der Waals surface area contributed by atoms with Crippen molar-refractivity contribution >= 4 is 65.5 Å². The van der Waals surface area contributed by atoms with E-state index in [1.165, 1.54) is 29.8 Å². The first-order chi connectivity index (χ1) is 17.5. The van der Waals surface area contributed by atoms with Crippen molar-refractivity contribution in [2.45, 2.75) is 26.2 Å². The van der Waals surface area contributed by atoms with Crippen LogP contribution in [-0.4, -0.2) is 56.5 Å². The SMILES string of the molecule is COC(=O)c1c(NC(=O)CS(=O)(=O)CC(=O)N=c2sc3cc(OC)ccc3n2C)sc2c1CCC(C)C2. The maximum atomic E-state index is 12.6. The van der Waals surface area contributed by atoms with E-state index >= 15 is 0 Å². The standard InChI is InChI=1S/C24H27N3O7S3/c1-13-5-7-15-17(9-13)35-22(21(15)23(30)34-4)25-19(28)11-37(31,32)12-20(29)26-24-27(2)16-8-6-14(33-3)10-18(16)36-24/h6,8,10,13H,5,7,9,11-12H2,1-4H3,(H,25,28). The smallest absolute Gasteiger partial charge is 0.341 e. The fourth-order valence-corrected chi connectivity index (χ4v) is 7.74. The normalized spacial score (nSPS) is 15.9. The number of hydrogen-bond donors (Lipinski definition) is 1. The van der Waals surface area contributed by atoms with Crippen molar-refractivity contribution in [3.8, 4) is 5.75 Å². The fraction of sp³-hybridized carbons (Fsp3) is 0.417. The molecule has 0 spiro atoms. The molecular formula is C24H27N3O7S3. The van der Waals surface area contributed by atoms with Gasteiger partial charge in [-0.2, -0.15) is 4.99 Å². The van der Waals surface area contributed by atoms with Crippen LogP contribution in [0.2, 0.25) is 0 Å². The number of anilines is 1. The van der Waals surface area contributed by atoms with Gasteiger partial charge in [0.05, 0.1) is 30.0 Å². The lowest BCUT2D eigenvalue weighted by molar-refractivity contribution is -0.115. The first-order valence-electron chi connectivity index (χ1n) is 11.5. The molecule has 198 valence electrons. The molecule has 0 aliphatic heterocycles. The maximum absolute atomic E-state index is 12.6. The van der Waals surface area contributed by atoms with Crippen molar-refractivity contribution in [1.82, 2.24) is 4.57 Å². The lowest BCUT2D eigenvalue weighted by atomic mass is 9.88. The third kappa shape index (κ3) is 5.94. The van der Waals surface area contributed by atoms with E-state index in [-0.39, 0.29) is 10.6 Å². The molecule has 0 bridgehead atoms. The van der Waals surface area contributed by atoms with E-state index in [1.807, 2.05) is 6.07 Å². The molecule has 0 saturated carbocycles. The van der Waals surface area contributed by atoms with Crippen LogP contribution < -0.4 is 14.9 Å². The quantitative estimate of drug-likeness (QED) is 0.436. The van der Waals surface area contributed by atoms with E-state index in [0.717, 1.165) is 33.5 Å². The summed E-state index contributed by atoms with van der Waals surface area (Å²) in [6.45, 7) is 2.11. The number of amides is 2. The molecular weight excluding hydrogens is 538 g/mol.